The van der Waals surface area contributed by atoms with Crippen molar-refractivity contribution in [3.05, 3.63) is 169 Å². The number of hydrogen-bond acceptors (Lipinski definition) is 0. The highest BCUT2D eigenvalue weighted by atomic mass is 14.4. The van der Waals surface area contributed by atoms with Crippen molar-refractivity contribution in [1.82, 2.24) is 0 Å². The van der Waals surface area contributed by atoms with Crippen LogP contribution in [0.2, 0.25) is 0 Å². The lowest BCUT2D eigenvalue weighted by molar-refractivity contribution is 0.660. The first kappa shape index (κ1) is 26.0. The van der Waals surface area contributed by atoms with Crippen molar-refractivity contribution in [3.63, 3.8) is 0 Å². The summed E-state index contributed by atoms with van der Waals surface area (Å²) < 4.78 is 0. The third kappa shape index (κ3) is 3.92. The Hall–Kier alpha value is -5.46. The second kappa shape index (κ2) is 9.78. The van der Waals surface area contributed by atoms with Crippen LogP contribution in [0, 0.1) is 0 Å². The predicted octanol–water partition coefficient (Wildman–Crippen LogP) is 12.5. The van der Waals surface area contributed by atoms with Crippen LogP contribution in [-0.2, 0) is 5.41 Å². The van der Waals surface area contributed by atoms with Gasteiger partial charge in [-0.1, -0.05) is 159 Å². The minimum absolute atomic E-state index is 0.00252. The Bertz CT molecular complexity index is 2380. The Balaban J connectivity index is 1.24. The van der Waals surface area contributed by atoms with E-state index in [2.05, 4.69) is 172 Å². The second-order valence-corrected chi connectivity index (χ2v) is 12.9. The van der Waals surface area contributed by atoms with E-state index in [0.717, 1.165) is 0 Å². The SMILES string of the molecule is CC1(C)c2ccccc2-c2cc(-c3c4ccccc4c(-c4ccc(-c5ccc6ccccc6c5)cc4)c4ccccc34)ccc21. The zero-order valence-corrected chi connectivity index (χ0v) is 25.5. The Morgan fingerprint density at radius 1 is 0.333 bits per heavy atom. The molecule has 0 atom stereocenters. The molecule has 0 nitrogen and oxygen atoms in total. The van der Waals surface area contributed by atoms with Gasteiger partial charge in [-0.05, 0) is 100 Å². The van der Waals surface area contributed by atoms with E-state index in [4.69, 9.17) is 0 Å². The highest BCUT2D eigenvalue weighted by molar-refractivity contribution is 6.21. The van der Waals surface area contributed by atoms with Crippen LogP contribution in [-0.4, -0.2) is 0 Å². The molecule has 0 amide bonds. The molecular formula is C45H32. The van der Waals surface area contributed by atoms with Crippen LogP contribution in [0.3, 0.4) is 0 Å². The van der Waals surface area contributed by atoms with Crippen LogP contribution in [0.1, 0.15) is 25.0 Å². The van der Waals surface area contributed by atoms with Gasteiger partial charge in [0.05, 0.1) is 0 Å². The highest BCUT2D eigenvalue weighted by Gasteiger charge is 2.35. The second-order valence-electron chi connectivity index (χ2n) is 12.9. The molecule has 212 valence electrons. The molecule has 1 aliphatic carbocycles. The van der Waals surface area contributed by atoms with Gasteiger partial charge in [0.1, 0.15) is 0 Å². The minimum Gasteiger partial charge on any atom is -0.0619 e. The van der Waals surface area contributed by atoms with Crippen molar-refractivity contribution >= 4 is 32.3 Å². The molecular weight excluding hydrogens is 540 g/mol. The first-order valence-electron chi connectivity index (χ1n) is 15.9. The van der Waals surface area contributed by atoms with Crippen LogP contribution < -0.4 is 0 Å². The lowest BCUT2D eigenvalue weighted by Gasteiger charge is -2.22. The Morgan fingerprint density at radius 3 is 1.51 bits per heavy atom. The van der Waals surface area contributed by atoms with Crippen LogP contribution in [0.4, 0.5) is 0 Å². The van der Waals surface area contributed by atoms with Crippen molar-refractivity contribution in [2.24, 2.45) is 0 Å². The summed E-state index contributed by atoms with van der Waals surface area (Å²) in [5.41, 5.74) is 13.1. The Kier molecular flexibility index (Phi) is 5.64. The molecule has 0 aromatic heterocycles. The lowest BCUT2D eigenvalue weighted by atomic mass is 9.81. The molecule has 0 saturated carbocycles. The van der Waals surface area contributed by atoms with Gasteiger partial charge in [0.25, 0.3) is 0 Å². The molecule has 8 aromatic carbocycles. The number of hydrogen-bond donors (Lipinski definition) is 0. The summed E-state index contributed by atoms with van der Waals surface area (Å²) in [4.78, 5) is 0. The van der Waals surface area contributed by atoms with Crippen LogP contribution in [0.25, 0.3) is 76.8 Å². The van der Waals surface area contributed by atoms with Gasteiger partial charge in [-0.25, -0.2) is 0 Å². The maximum Gasteiger partial charge on any atom is 0.0158 e. The third-order valence-corrected chi connectivity index (χ3v) is 10.1. The average molecular weight is 573 g/mol. The zero-order chi connectivity index (χ0) is 30.1. The van der Waals surface area contributed by atoms with Crippen molar-refractivity contribution in [2.75, 3.05) is 0 Å². The normalized spacial score (nSPS) is 13.3. The van der Waals surface area contributed by atoms with E-state index in [0.29, 0.717) is 0 Å². The van der Waals surface area contributed by atoms with E-state index in [1.807, 2.05) is 0 Å². The molecule has 8 aromatic rings. The van der Waals surface area contributed by atoms with Crippen molar-refractivity contribution in [1.29, 1.82) is 0 Å². The fraction of sp³-hybridized carbons (Fsp3) is 0.0667. The molecule has 0 heterocycles. The largest absolute Gasteiger partial charge is 0.0619 e. The van der Waals surface area contributed by atoms with Crippen molar-refractivity contribution in [2.45, 2.75) is 19.3 Å². The van der Waals surface area contributed by atoms with Gasteiger partial charge < -0.3 is 0 Å². The quantitative estimate of drug-likeness (QED) is 0.185. The van der Waals surface area contributed by atoms with Crippen LogP contribution in [0.15, 0.2) is 158 Å². The smallest absolute Gasteiger partial charge is 0.0158 e. The van der Waals surface area contributed by atoms with Gasteiger partial charge in [-0.3, -0.25) is 0 Å². The maximum absolute atomic E-state index is 2.44. The van der Waals surface area contributed by atoms with Crippen molar-refractivity contribution < 1.29 is 0 Å². The Morgan fingerprint density at radius 2 is 0.822 bits per heavy atom. The van der Waals surface area contributed by atoms with Crippen molar-refractivity contribution in [3.8, 4) is 44.5 Å². The van der Waals surface area contributed by atoms with E-state index < -0.39 is 0 Å². The number of benzene rings is 8. The van der Waals surface area contributed by atoms with Gasteiger partial charge in [0, 0.05) is 5.41 Å². The predicted molar refractivity (Wildman–Crippen MR) is 193 cm³/mol. The summed E-state index contributed by atoms with van der Waals surface area (Å²) >= 11 is 0. The molecule has 0 N–H and O–H groups in total. The first-order valence-corrected chi connectivity index (χ1v) is 15.9. The van der Waals surface area contributed by atoms with E-state index >= 15 is 0 Å². The monoisotopic (exact) mass is 572 g/mol. The van der Waals surface area contributed by atoms with E-state index in [1.54, 1.807) is 0 Å². The van der Waals surface area contributed by atoms with E-state index in [9.17, 15) is 0 Å². The average Bonchev–Trinajstić information content (AvgIpc) is 3.32. The summed E-state index contributed by atoms with van der Waals surface area (Å²) in [7, 11) is 0. The third-order valence-electron chi connectivity index (χ3n) is 10.1. The molecule has 9 rings (SSSR count). The number of rotatable bonds is 3. The molecule has 1 aliphatic rings. The standard InChI is InChI=1S/C45H32/c1-45(2)41-18-10-9-13-35(41)40-28-34(25-26-42(40)45)44-38-16-7-5-14-36(38)43(37-15-6-8-17-39(37)44)31-22-19-30(20-23-31)33-24-21-29-11-3-4-12-32(29)27-33/h3-28H,1-2H3. The molecule has 0 radical (unpaired) electrons. The highest BCUT2D eigenvalue weighted by Crippen LogP contribution is 2.51. The van der Waals surface area contributed by atoms with Crippen LogP contribution in [0.5, 0.6) is 0 Å². The molecule has 0 aliphatic heterocycles. The van der Waals surface area contributed by atoms with E-state index in [-0.39, 0.29) is 5.41 Å². The summed E-state index contributed by atoms with van der Waals surface area (Å²) in [5.74, 6) is 0. The number of fused-ring (bicyclic) bond motifs is 6. The molecule has 45 heavy (non-hydrogen) atoms. The van der Waals surface area contributed by atoms with Gasteiger partial charge in [0.2, 0.25) is 0 Å². The van der Waals surface area contributed by atoms with E-state index in [1.165, 1.54) is 88.0 Å². The first-order chi connectivity index (χ1) is 22.1. The molecule has 0 bridgehead atoms. The Labute approximate surface area is 264 Å². The minimum atomic E-state index is -0.00252. The fourth-order valence-corrected chi connectivity index (χ4v) is 7.82. The van der Waals surface area contributed by atoms with Gasteiger partial charge >= 0.3 is 0 Å². The van der Waals surface area contributed by atoms with Gasteiger partial charge in [0.15, 0.2) is 0 Å². The molecule has 0 fully saturated rings. The molecule has 0 heteroatoms. The summed E-state index contributed by atoms with van der Waals surface area (Å²) in [6.07, 6.45) is 0. The molecule has 0 unspecified atom stereocenters. The van der Waals surface area contributed by atoms with Gasteiger partial charge in [-0.15, -0.1) is 0 Å². The zero-order valence-electron chi connectivity index (χ0n) is 25.5. The molecule has 0 saturated heterocycles. The van der Waals surface area contributed by atoms with Crippen LogP contribution >= 0.6 is 0 Å². The fourth-order valence-electron chi connectivity index (χ4n) is 7.82. The summed E-state index contributed by atoms with van der Waals surface area (Å²) in [5, 5.41) is 7.68. The molecule has 0 spiro atoms. The maximum atomic E-state index is 2.44. The summed E-state index contributed by atoms with van der Waals surface area (Å²) in [6.45, 7) is 4.70. The van der Waals surface area contributed by atoms with Gasteiger partial charge in [-0.2, -0.15) is 0 Å². The topological polar surface area (TPSA) is 0 Å². The summed E-state index contributed by atoms with van der Waals surface area (Å²) in [6, 6.07) is 58.4. The lowest BCUT2D eigenvalue weighted by Crippen LogP contribution is -2.14.